The van der Waals surface area contributed by atoms with Crippen LogP contribution in [0, 0.1) is 18.8 Å². The van der Waals surface area contributed by atoms with Crippen LogP contribution in [-0.2, 0) is 9.53 Å². The van der Waals surface area contributed by atoms with Crippen LogP contribution in [0.1, 0.15) is 49.0 Å². The van der Waals surface area contributed by atoms with Crippen molar-refractivity contribution in [2.45, 2.75) is 39.2 Å². The van der Waals surface area contributed by atoms with Gasteiger partial charge < -0.3 is 14.8 Å². The van der Waals surface area contributed by atoms with Crippen LogP contribution >= 0.6 is 23.2 Å². The number of halogens is 2. The van der Waals surface area contributed by atoms with Crippen molar-refractivity contribution in [3.05, 3.63) is 93.5 Å². The van der Waals surface area contributed by atoms with Gasteiger partial charge in [-0.15, -0.1) is 0 Å². The number of aryl methyl sites for hydroxylation is 1. The van der Waals surface area contributed by atoms with Crippen molar-refractivity contribution in [3.63, 3.8) is 0 Å². The first kappa shape index (κ1) is 25.6. The lowest BCUT2D eigenvalue weighted by atomic mass is 9.76. The van der Waals surface area contributed by atoms with E-state index in [1.54, 1.807) is 6.07 Å². The summed E-state index contributed by atoms with van der Waals surface area (Å²) >= 11 is 12.6. The highest BCUT2D eigenvalue weighted by molar-refractivity contribution is 6.35. The molecule has 4 rings (SSSR count). The smallest absolute Gasteiger partial charge is 0.262 e. The van der Waals surface area contributed by atoms with E-state index in [4.69, 9.17) is 32.7 Å². The standard InChI is InChI=1S/C29H31Cl2NO3/c1-18(2)25-14-21(24-12-11-22(30)15-26(24)31)16-35-29(25)20-8-6-9-23(13-20)34-17-28(33)32-27-10-5-4-7-19(27)3/h4-13,15,18,21,25,29H,14,16-17H2,1-3H3,(H,32,33)/t21-,25-,29-/m0/s1. The van der Waals surface area contributed by atoms with Crippen LogP contribution in [0.3, 0.4) is 0 Å². The van der Waals surface area contributed by atoms with Gasteiger partial charge in [-0.2, -0.15) is 0 Å². The van der Waals surface area contributed by atoms with Crippen LogP contribution in [0.4, 0.5) is 5.69 Å². The third-order valence-electron chi connectivity index (χ3n) is 6.66. The second-order valence-corrected chi connectivity index (χ2v) is 10.3. The lowest BCUT2D eigenvalue weighted by Gasteiger charge is -2.39. The molecule has 0 radical (unpaired) electrons. The second-order valence-electron chi connectivity index (χ2n) is 9.48. The van der Waals surface area contributed by atoms with Crippen molar-refractivity contribution in [1.82, 2.24) is 0 Å². The summed E-state index contributed by atoms with van der Waals surface area (Å²) in [5, 5.41) is 4.22. The maximum absolute atomic E-state index is 12.4. The zero-order valence-corrected chi connectivity index (χ0v) is 21.8. The molecule has 0 unspecified atom stereocenters. The molecule has 184 valence electrons. The Kier molecular flexibility index (Phi) is 8.38. The maximum atomic E-state index is 12.4. The Morgan fingerprint density at radius 2 is 1.89 bits per heavy atom. The molecule has 3 aromatic carbocycles. The molecule has 1 amide bonds. The van der Waals surface area contributed by atoms with E-state index < -0.39 is 0 Å². The Morgan fingerprint density at radius 3 is 2.63 bits per heavy atom. The number of rotatable bonds is 7. The average molecular weight is 512 g/mol. The predicted octanol–water partition coefficient (Wildman–Crippen LogP) is 7.84. The van der Waals surface area contributed by atoms with Crippen LogP contribution in [0.2, 0.25) is 10.0 Å². The summed E-state index contributed by atoms with van der Waals surface area (Å²) in [6, 6.07) is 21.2. The van der Waals surface area contributed by atoms with E-state index in [2.05, 4.69) is 25.2 Å². The van der Waals surface area contributed by atoms with Crippen molar-refractivity contribution in [2.75, 3.05) is 18.5 Å². The highest BCUT2D eigenvalue weighted by Gasteiger charge is 2.35. The molecule has 3 aromatic rings. The van der Waals surface area contributed by atoms with E-state index >= 15 is 0 Å². The van der Waals surface area contributed by atoms with E-state index in [1.165, 1.54) is 0 Å². The molecule has 0 saturated carbocycles. The fourth-order valence-electron chi connectivity index (χ4n) is 4.71. The molecule has 6 heteroatoms. The monoisotopic (exact) mass is 511 g/mol. The molecule has 1 aliphatic rings. The molecule has 0 aliphatic carbocycles. The minimum absolute atomic E-state index is 0.0540. The molecule has 1 aliphatic heterocycles. The number of amides is 1. The second kappa shape index (κ2) is 11.5. The van der Waals surface area contributed by atoms with E-state index in [1.807, 2.05) is 61.5 Å². The molecule has 1 fully saturated rings. The summed E-state index contributed by atoms with van der Waals surface area (Å²) < 4.78 is 12.3. The number of ether oxygens (including phenoxy) is 2. The molecule has 3 atom stereocenters. The molecule has 0 aromatic heterocycles. The van der Waals surface area contributed by atoms with Gasteiger partial charge in [0.05, 0.1) is 12.7 Å². The van der Waals surface area contributed by atoms with Crippen LogP contribution in [0.15, 0.2) is 66.7 Å². The maximum Gasteiger partial charge on any atom is 0.262 e. The molecule has 1 heterocycles. The molecule has 1 saturated heterocycles. The molecule has 0 bridgehead atoms. The van der Waals surface area contributed by atoms with Crippen LogP contribution < -0.4 is 10.1 Å². The van der Waals surface area contributed by atoms with Gasteiger partial charge in [0, 0.05) is 21.7 Å². The Balaban J connectivity index is 1.43. The minimum Gasteiger partial charge on any atom is -0.484 e. The Morgan fingerprint density at radius 1 is 1.09 bits per heavy atom. The number of carbonyl (C=O) groups is 1. The predicted molar refractivity (Wildman–Crippen MR) is 143 cm³/mol. The first-order chi connectivity index (χ1) is 16.8. The summed E-state index contributed by atoms with van der Waals surface area (Å²) in [7, 11) is 0. The molecular formula is C29H31Cl2NO3. The van der Waals surface area contributed by atoms with Gasteiger partial charge in [-0.25, -0.2) is 0 Å². The van der Waals surface area contributed by atoms with Crippen LogP contribution in [-0.4, -0.2) is 19.1 Å². The first-order valence-electron chi connectivity index (χ1n) is 12.0. The third kappa shape index (κ3) is 6.38. The number of para-hydroxylation sites is 1. The quantitative estimate of drug-likeness (QED) is 0.351. The Labute approximate surface area is 217 Å². The van der Waals surface area contributed by atoms with Crippen molar-refractivity contribution in [2.24, 2.45) is 11.8 Å². The van der Waals surface area contributed by atoms with E-state index in [0.717, 1.165) is 28.8 Å². The molecule has 0 spiro atoms. The molecule has 1 N–H and O–H groups in total. The van der Waals surface area contributed by atoms with Crippen molar-refractivity contribution in [1.29, 1.82) is 0 Å². The van der Waals surface area contributed by atoms with Crippen LogP contribution in [0.5, 0.6) is 5.75 Å². The number of carbonyl (C=O) groups excluding carboxylic acids is 1. The van der Waals surface area contributed by atoms with Gasteiger partial charge in [0.2, 0.25) is 0 Å². The van der Waals surface area contributed by atoms with Gasteiger partial charge in [-0.1, -0.05) is 73.4 Å². The summed E-state index contributed by atoms with van der Waals surface area (Å²) in [5.74, 6) is 1.39. The SMILES string of the molecule is Cc1ccccc1NC(=O)COc1cccc([C@@H]2OC[C@@H](c3ccc(Cl)cc3Cl)C[C@H]2C(C)C)c1. The van der Waals surface area contributed by atoms with E-state index in [9.17, 15) is 4.79 Å². The van der Waals surface area contributed by atoms with Gasteiger partial charge in [-0.05, 0) is 72.2 Å². The van der Waals surface area contributed by atoms with E-state index in [0.29, 0.717) is 34.2 Å². The summed E-state index contributed by atoms with van der Waals surface area (Å²) in [6.07, 6.45) is 0.912. The van der Waals surface area contributed by atoms with Crippen molar-refractivity contribution >= 4 is 34.8 Å². The number of nitrogens with one attached hydrogen (secondary N) is 1. The summed E-state index contributed by atoms with van der Waals surface area (Å²) in [6.45, 7) is 6.93. The summed E-state index contributed by atoms with van der Waals surface area (Å²) in [5.41, 5.74) is 3.94. The minimum atomic E-state index is -0.193. The van der Waals surface area contributed by atoms with Gasteiger partial charge in [0.15, 0.2) is 6.61 Å². The molecule has 4 nitrogen and oxygen atoms in total. The summed E-state index contributed by atoms with van der Waals surface area (Å²) in [4.78, 5) is 12.4. The highest BCUT2D eigenvalue weighted by atomic mass is 35.5. The number of hydrogen-bond acceptors (Lipinski definition) is 3. The average Bonchev–Trinajstić information content (AvgIpc) is 2.84. The van der Waals surface area contributed by atoms with E-state index in [-0.39, 0.29) is 24.5 Å². The third-order valence-corrected chi connectivity index (χ3v) is 7.22. The molecular weight excluding hydrogens is 481 g/mol. The largest absolute Gasteiger partial charge is 0.484 e. The lowest BCUT2D eigenvalue weighted by Crippen LogP contribution is -2.31. The lowest BCUT2D eigenvalue weighted by molar-refractivity contribution is -0.118. The fraction of sp³-hybridized carbons (Fsp3) is 0.345. The Hall–Kier alpha value is -2.53. The Bertz CT molecular complexity index is 1180. The van der Waals surface area contributed by atoms with Crippen molar-refractivity contribution < 1.29 is 14.3 Å². The zero-order chi connectivity index (χ0) is 24.9. The number of anilines is 1. The fourth-order valence-corrected chi connectivity index (χ4v) is 5.27. The van der Waals surface area contributed by atoms with Gasteiger partial charge in [0.25, 0.3) is 5.91 Å². The topological polar surface area (TPSA) is 47.6 Å². The molecule has 35 heavy (non-hydrogen) atoms. The normalized spacial score (nSPS) is 20.0. The van der Waals surface area contributed by atoms with Crippen molar-refractivity contribution in [3.8, 4) is 5.75 Å². The zero-order valence-electron chi connectivity index (χ0n) is 20.3. The van der Waals surface area contributed by atoms with Gasteiger partial charge >= 0.3 is 0 Å². The number of benzene rings is 3. The number of hydrogen-bond donors (Lipinski definition) is 1. The van der Waals surface area contributed by atoms with Gasteiger partial charge in [-0.3, -0.25) is 4.79 Å². The highest BCUT2D eigenvalue weighted by Crippen LogP contribution is 2.45. The van der Waals surface area contributed by atoms with Gasteiger partial charge in [0.1, 0.15) is 5.75 Å². The first-order valence-corrected chi connectivity index (χ1v) is 12.7. The van der Waals surface area contributed by atoms with Crippen LogP contribution in [0.25, 0.3) is 0 Å².